The van der Waals surface area contributed by atoms with E-state index in [-0.39, 0.29) is 22.4 Å². The molecule has 2 heterocycles. The van der Waals surface area contributed by atoms with Gasteiger partial charge in [0, 0.05) is 12.6 Å². The van der Waals surface area contributed by atoms with Crippen LogP contribution in [-0.2, 0) is 13.2 Å². The van der Waals surface area contributed by atoms with Gasteiger partial charge in [-0.3, -0.25) is 4.68 Å². The van der Waals surface area contributed by atoms with Crippen LogP contribution in [-0.4, -0.2) is 14.8 Å². The molecule has 0 bridgehead atoms. The zero-order valence-electron chi connectivity index (χ0n) is 11.7. The number of alkyl halides is 3. The van der Waals surface area contributed by atoms with Crippen molar-refractivity contribution in [3.63, 3.8) is 0 Å². The molecule has 0 saturated heterocycles. The minimum absolute atomic E-state index is 0.0131. The summed E-state index contributed by atoms with van der Waals surface area (Å²) in [5, 5.41) is 3.99. The highest BCUT2D eigenvalue weighted by Gasteiger charge is 2.35. The first-order chi connectivity index (χ1) is 10.3. The molecule has 114 valence electrons. The average molecular weight is 309 g/mol. The van der Waals surface area contributed by atoms with Gasteiger partial charge in [0.2, 0.25) is 0 Å². The molecule has 0 unspecified atom stereocenters. The standard InChI is InChI=1S/C15H11F4N3/c1-8-13-11(15(17,18)19)7-12(20-14(13)22(2)21-8)9-3-5-10(16)6-4-9/h3-7H,1-2H3. The van der Waals surface area contributed by atoms with Gasteiger partial charge in [0.25, 0.3) is 0 Å². The third-order valence-electron chi connectivity index (χ3n) is 3.41. The Bertz CT molecular complexity index is 848. The van der Waals surface area contributed by atoms with Gasteiger partial charge in [-0.1, -0.05) is 0 Å². The summed E-state index contributed by atoms with van der Waals surface area (Å²) in [4.78, 5) is 4.25. The van der Waals surface area contributed by atoms with Crippen molar-refractivity contribution in [2.45, 2.75) is 13.1 Å². The summed E-state index contributed by atoms with van der Waals surface area (Å²) >= 11 is 0. The highest BCUT2D eigenvalue weighted by molar-refractivity contribution is 5.85. The lowest BCUT2D eigenvalue weighted by Crippen LogP contribution is -2.07. The molecule has 0 N–H and O–H groups in total. The zero-order chi connectivity index (χ0) is 16.1. The Kier molecular flexibility index (Phi) is 3.16. The van der Waals surface area contributed by atoms with Crippen LogP contribution in [0, 0.1) is 12.7 Å². The van der Waals surface area contributed by atoms with Gasteiger partial charge in [0.15, 0.2) is 5.65 Å². The molecule has 0 saturated carbocycles. The molecule has 0 aliphatic rings. The Morgan fingerprint density at radius 3 is 2.32 bits per heavy atom. The molecule has 0 spiro atoms. The van der Waals surface area contributed by atoms with E-state index in [2.05, 4.69) is 10.1 Å². The predicted molar refractivity (Wildman–Crippen MR) is 73.6 cm³/mol. The molecule has 1 aromatic carbocycles. The van der Waals surface area contributed by atoms with Gasteiger partial charge in [-0.2, -0.15) is 18.3 Å². The number of aryl methyl sites for hydroxylation is 2. The van der Waals surface area contributed by atoms with E-state index < -0.39 is 17.6 Å². The van der Waals surface area contributed by atoms with Crippen LogP contribution in [0.15, 0.2) is 30.3 Å². The van der Waals surface area contributed by atoms with Crippen LogP contribution in [0.25, 0.3) is 22.3 Å². The molecule has 22 heavy (non-hydrogen) atoms. The number of hydrogen-bond acceptors (Lipinski definition) is 2. The Morgan fingerprint density at radius 2 is 1.73 bits per heavy atom. The first-order valence-corrected chi connectivity index (χ1v) is 6.45. The van der Waals surface area contributed by atoms with E-state index >= 15 is 0 Å². The molecule has 0 aliphatic carbocycles. The number of fused-ring (bicyclic) bond motifs is 1. The van der Waals surface area contributed by atoms with Crippen LogP contribution < -0.4 is 0 Å². The minimum Gasteiger partial charge on any atom is -0.250 e. The number of pyridine rings is 1. The van der Waals surface area contributed by atoms with Gasteiger partial charge in [0.05, 0.1) is 22.3 Å². The first-order valence-electron chi connectivity index (χ1n) is 6.45. The van der Waals surface area contributed by atoms with Gasteiger partial charge in [0.1, 0.15) is 5.82 Å². The summed E-state index contributed by atoms with van der Waals surface area (Å²) in [7, 11) is 1.54. The predicted octanol–water partition coefficient (Wildman–Crippen LogP) is 4.10. The minimum atomic E-state index is -4.52. The van der Waals surface area contributed by atoms with Crippen LogP contribution in [0.5, 0.6) is 0 Å². The van der Waals surface area contributed by atoms with Gasteiger partial charge in [-0.05, 0) is 37.3 Å². The summed E-state index contributed by atoms with van der Waals surface area (Å²) in [5.74, 6) is -0.461. The molecule has 3 aromatic rings. The third kappa shape index (κ3) is 2.32. The molecule has 0 amide bonds. The van der Waals surface area contributed by atoms with Crippen LogP contribution in [0.3, 0.4) is 0 Å². The summed E-state index contributed by atoms with van der Waals surface area (Å²) in [6, 6.07) is 6.13. The maximum Gasteiger partial charge on any atom is 0.417 e. The lowest BCUT2D eigenvalue weighted by molar-refractivity contribution is -0.136. The fourth-order valence-electron chi connectivity index (χ4n) is 2.44. The van der Waals surface area contributed by atoms with Crippen molar-refractivity contribution in [2.24, 2.45) is 7.05 Å². The molecular formula is C15H11F4N3. The monoisotopic (exact) mass is 309 g/mol. The number of aromatic nitrogens is 3. The number of benzene rings is 1. The molecular weight excluding hydrogens is 298 g/mol. The topological polar surface area (TPSA) is 30.7 Å². The molecule has 0 radical (unpaired) electrons. The number of rotatable bonds is 1. The third-order valence-corrected chi connectivity index (χ3v) is 3.41. The Hall–Kier alpha value is -2.44. The van der Waals surface area contributed by atoms with E-state index in [0.717, 1.165) is 6.07 Å². The largest absolute Gasteiger partial charge is 0.417 e. The maximum atomic E-state index is 13.3. The Balaban J connectivity index is 2.34. The summed E-state index contributed by atoms with van der Waals surface area (Å²) in [5.41, 5.74) is 0.160. The SMILES string of the molecule is Cc1nn(C)c2nc(-c3ccc(F)cc3)cc(C(F)(F)F)c12. The highest BCUT2D eigenvalue weighted by atomic mass is 19.4. The number of nitrogens with zero attached hydrogens (tertiary/aromatic N) is 3. The van der Waals surface area contributed by atoms with Crippen molar-refractivity contribution in [3.05, 3.63) is 47.4 Å². The molecule has 0 fully saturated rings. The smallest absolute Gasteiger partial charge is 0.250 e. The fraction of sp³-hybridized carbons (Fsp3) is 0.200. The van der Waals surface area contributed by atoms with Gasteiger partial charge in [-0.25, -0.2) is 9.37 Å². The van der Waals surface area contributed by atoms with Crippen molar-refractivity contribution >= 4 is 11.0 Å². The van der Waals surface area contributed by atoms with Gasteiger partial charge in [-0.15, -0.1) is 0 Å². The Morgan fingerprint density at radius 1 is 1.09 bits per heavy atom. The molecule has 0 aliphatic heterocycles. The van der Waals surface area contributed by atoms with Crippen molar-refractivity contribution in [1.82, 2.24) is 14.8 Å². The second kappa shape index (κ2) is 4.79. The van der Waals surface area contributed by atoms with Crippen molar-refractivity contribution in [2.75, 3.05) is 0 Å². The van der Waals surface area contributed by atoms with Crippen LogP contribution in [0.2, 0.25) is 0 Å². The second-order valence-corrected chi connectivity index (χ2v) is 4.97. The molecule has 7 heteroatoms. The van der Waals surface area contributed by atoms with Gasteiger partial charge >= 0.3 is 6.18 Å². The quantitative estimate of drug-likeness (QED) is 0.634. The van der Waals surface area contributed by atoms with Crippen LogP contribution in [0.4, 0.5) is 17.6 Å². The Labute approximate surface area is 123 Å². The highest BCUT2D eigenvalue weighted by Crippen LogP contribution is 2.37. The van der Waals surface area contributed by atoms with Crippen molar-refractivity contribution in [3.8, 4) is 11.3 Å². The average Bonchev–Trinajstić information content (AvgIpc) is 2.73. The molecule has 2 aromatic heterocycles. The van der Waals surface area contributed by atoms with E-state index in [9.17, 15) is 17.6 Å². The van der Waals surface area contributed by atoms with Crippen molar-refractivity contribution < 1.29 is 17.6 Å². The van der Waals surface area contributed by atoms with E-state index in [1.165, 1.54) is 42.9 Å². The van der Waals surface area contributed by atoms with Gasteiger partial charge < -0.3 is 0 Å². The fourth-order valence-corrected chi connectivity index (χ4v) is 2.44. The molecule has 0 atom stereocenters. The van der Waals surface area contributed by atoms with E-state index in [1.54, 1.807) is 0 Å². The van der Waals surface area contributed by atoms with Crippen molar-refractivity contribution in [1.29, 1.82) is 0 Å². The zero-order valence-corrected chi connectivity index (χ0v) is 11.7. The number of hydrogen-bond donors (Lipinski definition) is 0. The first kappa shape index (κ1) is 14.5. The lowest BCUT2D eigenvalue weighted by Gasteiger charge is -2.11. The van der Waals surface area contributed by atoms with E-state index in [4.69, 9.17) is 0 Å². The summed E-state index contributed by atoms with van der Waals surface area (Å²) < 4.78 is 54.3. The van der Waals surface area contributed by atoms with Crippen LogP contribution in [0.1, 0.15) is 11.3 Å². The summed E-state index contributed by atoms with van der Waals surface area (Å²) in [6.07, 6.45) is -4.52. The normalized spacial score (nSPS) is 12.1. The molecule has 3 nitrogen and oxygen atoms in total. The van der Waals surface area contributed by atoms with E-state index in [0.29, 0.717) is 5.56 Å². The van der Waals surface area contributed by atoms with Crippen LogP contribution >= 0.6 is 0 Å². The lowest BCUT2D eigenvalue weighted by atomic mass is 10.1. The number of halogens is 4. The second-order valence-electron chi connectivity index (χ2n) is 4.97. The van der Waals surface area contributed by atoms with E-state index in [1.807, 2.05) is 0 Å². The summed E-state index contributed by atoms with van der Waals surface area (Å²) in [6.45, 7) is 1.51. The molecule has 3 rings (SSSR count). The maximum absolute atomic E-state index is 13.3.